The van der Waals surface area contributed by atoms with Gasteiger partial charge in [-0.15, -0.1) is 24.0 Å². The van der Waals surface area contributed by atoms with Crippen LogP contribution < -0.4 is 0 Å². The number of ether oxygens (including phenoxy) is 1. The molecule has 4 N–H and O–H groups in total. The van der Waals surface area contributed by atoms with E-state index in [0.717, 1.165) is 0 Å². The van der Waals surface area contributed by atoms with E-state index in [1.165, 1.54) is 0 Å². The maximum atomic E-state index is 10.0. The van der Waals surface area contributed by atoms with Crippen LogP contribution in [0.25, 0.3) is 0 Å². The Kier molecular flexibility index (Phi) is 8.66. The van der Waals surface area contributed by atoms with Gasteiger partial charge in [-0.1, -0.05) is 6.92 Å². The van der Waals surface area contributed by atoms with Gasteiger partial charge in [-0.2, -0.15) is 0 Å². The number of rotatable bonds is 5. The van der Waals surface area contributed by atoms with E-state index in [1.54, 1.807) is 4.90 Å². The molecule has 110 valence electrons. The normalized spacial score (nSPS) is 36.5. The highest BCUT2D eigenvalue weighted by Gasteiger charge is 2.45. The number of alkyl halides is 1. The van der Waals surface area contributed by atoms with Crippen LogP contribution in [0.1, 0.15) is 6.92 Å². The van der Waals surface area contributed by atoms with E-state index in [4.69, 9.17) is 21.4 Å². The molecule has 0 spiro atoms. The highest BCUT2D eigenvalue weighted by molar-refractivity contribution is 6.18. The fourth-order valence-corrected chi connectivity index (χ4v) is 2.36. The van der Waals surface area contributed by atoms with Crippen LogP contribution in [0.3, 0.4) is 0 Å². The summed E-state index contributed by atoms with van der Waals surface area (Å²) in [5.41, 5.74) is 0. The predicted octanol–water partition coefficient (Wildman–Crippen LogP) is -1.23. The molecule has 0 aromatic rings. The van der Waals surface area contributed by atoms with Crippen LogP contribution in [-0.4, -0.2) is 81.5 Å². The van der Waals surface area contributed by atoms with E-state index in [9.17, 15) is 15.3 Å². The van der Waals surface area contributed by atoms with Crippen LogP contribution in [0.4, 0.5) is 0 Å². The van der Waals surface area contributed by atoms with Gasteiger partial charge in [0.25, 0.3) is 0 Å². The van der Waals surface area contributed by atoms with Crippen molar-refractivity contribution in [2.45, 2.75) is 37.6 Å². The van der Waals surface area contributed by atoms with Crippen molar-refractivity contribution in [3.05, 3.63) is 0 Å². The number of halogens is 2. The third-order valence-corrected chi connectivity index (χ3v) is 3.24. The Balaban J connectivity index is 0.00000289. The fourth-order valence-electron chi connectivity index (χ4n) is 2.14. The lowest BCUT2D eigenvalue weighted by atomic mass is 9.94. The molecule has 0 bridgehead atoms. The zero-order chi connectivity index (χ0) is 13.0. The standard InChI is InChI=1S/C10H20ClNO5.ClH/c1-2-12(4-3-11)7-8(14)6(5-13)17-10(16)9(7)15;/h6-10,13-16H,2-5H2,1H3;1H. The largest absolute Gasteiger partial charge is 0.394 e. The predicted molar refractivity (Wildman–Crippen MR) is 69.0 cm³/mol. The zero-order valence-corrected chi connectivity index (χ0v) is 11.7. The van der Waals surface area contributed by atoms with E-state index in [2.05, 4.69) is 0 Å². The average Bonchev–Trinajstić information content (AvgIpc) is 2.32. The molecular formula is C10H21Cl2NO5. The second kappa shape index (κ2) is 8.50. The minimum absolute atomic E-state index is 0. The molecule has 1 rings (SSSR count). The summed E-state index contributed by atoms with van der Waals surface area (Å²) in [6.45, 7) is 2.49. The summed E-state index contributed by atoms with van der Waals surface area (Å²) in [6, 6.07) is -0.695. The molecule has 1 heterocycles. The topological polar surface area (TPSA) is 93.4 Å². The van der Waals surface area contributed by atoms with Gasteiger partial charge in [0, 0.05) is 12.4 Å². The molecule has 18 heavy (non-hydrogen) atoms. The van der Waals surface area contributed by atoms with E-state index in [0.29, 0.717) is 19.0 Å². The van der Waals surface area contributed by atoms with E-state index < -0.39 is 37.3 Å². The smallest absolute Gasteiger partial charge is 0.183 e. The summed E-state index contributed by atoms with van der Waals surface area (Å²) in [7, 11) is 0. The molecule has 1 aliphatic heterocycles. The Hall–Kier alpha value is 0.340. The van der Waals surface area contributed by atoms with Crippen molar-refractivity contribution in [2.24, 2.45) is 0 Å². The number of hydrogen-bond acceptors (Lipinski definition) is 6. The molecule has 6 nitrogen and oxygen atoms in total. The molecule has 0 aromatic carbocycles. The van der Waals surface area contributed by atoms with Gasteiger partial charge in [0.05, 0.1) is 12.6 Å². The van der Waals surface area contributed by atoms with Crippen molar-refractivity contribution in [1.29, 1.82) is 0 Å². The van der Waals surface area contributed by atoms with Crippen LogP contribution in [0.5, 0.6) is 0 Å². The molecule has 0 aromatic heterocycles. The van der Waals surface area contributed by atoms with E-state index >= 15 is 0 Å². The highest BCUT2D eigenvalue weighted by atomic mass is 35.5. The minimum Gasteiger partial charge on any atom is -0.394 e. The number of nitrogens with zero attached hydrogens (tertiary/aromatic N) is 1. The maximum absolute atomic E-state index is 10.0. The lowest BCUT2D eigenvalue weighted by Crippen LogP contribution is -2.64. The lowest BCUT2D eigenvalue weighted by molar-refractivity contribution is -0.275. The molecular weight excluding hydrogens is 285 g/mol. The molecule has 8 heteroatoms. The summed E-state index contributed by atoms with van der Waals surface area (Å²) in [5.74, 6) is 0.352. The minimum atomic E-state index is -1.41. The molecule has 5 unspecified atom stereocenters. The Bertz CT molecular complexity index is 234. The summed E-state index contributed by atoms with van der Waals surface area (Å²) in [4.78, 5) is 1.76. The molecule has 0 amide bonds. The second-order valence-corrected chi connectivity index (χ2v) is 4.41. The molecule has 5 atom stereocenters. The van der Waals surface area contributed by atoms with E-state index in [1.807, 2.05) is 6.92 Å². The van der Waals surface area contributed by atoms with Gasteiger partial charge in [0.15, 0.2) is 6.29 Å². The van der Waals surface area contributed by atoms with Crippen LogP contribution >= 0.6 is 24.0 Å². The molecule has 1 saturated heterocycles. The quantitative estimate of drug-likeness (QED) is 0.475. The zero-order valence-electron chi connectivity index (χ0n) is 10.1. The van der Waals surface area contributed by atoms with Crippen molar-refractivity contribution in [3.63, 3.8) is 0 Å². The Morgan fingerprint density at radius 2 is 1.83 bits per heavy atom. The Morgan fingerprint density at radius 1 is 1.22 bits per heavy atom. The number of hydrogen-bond donors (Lipinski definition) is 4. The fraction of sp³-hybridized carbons (Fsp3) is 1.00. The first-order valence-electron chi connectivity index (χ1n) is 5.67. The summed E-state index contributed by atoms with van der Waals surface area (Å²) in [6.07, 6.45) is -4.61. The number of aliphatic hydroxyl groups excluding tert-OH is 4. The van der Waals surface area contributed by atoms with Crippen molar-refractivity contribution in [2.75, 3.05) is 25.6 Å². The van der Waals surface area contributed by atoms with Crippen molar-refractivity contribution < 1.29 is 25.2 Å². The van der Waals surface area contributed by atoms with Crippen LogP contribution in [-0.2, 0) is 4.74 Å². The van der Waals surface area contributed by atoms with E-state index in [-0.39, 0.29) is 12.4 Å². The first-order valence-corrected chi connectivity index (χ1v) is 6.20. The number of aliphatic hydroxyl groups is 4. The second-order valence-electron chi connectivity index (χ2n) is 4.04. The van der Waals surface area contributed by atoms with Gasteiger partial charge >= 0.3 is 0 Å². The monoisotopic (exact) mass is 305 g/mol. The lowest BCUT2D eigenvalue weighted by Gasteiger charge is -2.45. The van der Waals surface area contributed by atoms with Crippen LogP contribution in [0.2, 0.25) is 0 Å². The van der Waals surface area contributed by atoms with Crippen molar-refractivity contribution in [1.82, 2.24) is 4.90 Å². The summed E-state index contributed by atoms with van der Waals surface area (Å²) < 4.78 is 4.91. The third-order valence-electron chi connectivity index (χ3n) is 3.07. The van der Waals surface area contributed by atoms with Gasteiger partial charge in [0.2, 0.25) is 0 Å². The third kappa shape index (κ3) is 3.91. The Labute approximate surface area is 118 Å². The summed E-state index contributed by atoms with van der Waals surface area (Å²) >= 11 is 5.65. The van der Waals surface area contributed by atoms with Gasteiger partial charge in [-0.05, 0) is 6.54 Å². The van der Waals surface area contributed by atoms with Gasteiger partial charge in [-0.3, -0.25) is 4.90 Å². The first-order chi connectivity index (χ1) is 8.06. The summed E-state index contributed by atoms with van der Waals surface area (Å²) in [5, 5.41) is 38.4. The molecule has 0 radical (unpaired) electrons. The first kappa shape index (κ1) is 18.3. The van der Waals surface area contributed by atoms with Gasteiger partial charge in [0.1, 0.15) is 18.3 Å². The van der Waals surface area contributed by atoms with Crippen LogP contribution in [0, 0.1) is 0 Å². The SMILES string of the molecule is CCN(CCCl)C1C(O)C(O)OC(CO)C1O.Cl. The number of likely N-dealkylation sites (N-methyl/N-ethyl adjacent to an activating group) is 1. The van der Waals surface area contributed by atoms with Crippen molar-refractivity contribution in [3.8, 4) is 0 Å². The molecule has 0 aliphatic carbocycles. The molecule has 1 aliphatic rings. The van der Waals surface area contributed by atoms with Crippen LogP contribution in [0.15, 0.2) is 0 Å². The Morgan fingerprint density at radius 3 is 2.28 bits per heavy atom. The van der Waals surface area contributed by atoms with Crippen molar-refractivity contribution >= 4 is 24.0 Å². The van der Waals surface area contributed by atoms with Gasteiger partial charge in [-0.25, -0.2) is 0 Å². The molecule has 1 fully saturated rings. The maximum Gasteiger partial charge on any atom is 0.183 e. The van der Waals surface area contributed by atoms with Gasteiger partial charge < -0.3 is 25.2 Å². The average molecular weight is 306 g/mol. The highest BCUT2D eigenvalue weighted by Crippen LogP contribution is 2.24. The molecule has 0 saturated carbocycles.